The smallest absolute Gasteiger partial charge is 0.191 e. The second-order valence-corrected chi connectivity index (χ2v) is 11.4. The molecule has 0 saturated carbocycles. The van der Waals surface area contributed by atoms with Gasteiger partial charge in [0.25, 0.3) is 0 Å². The van der Waals surface area contributed by atoms with Crippen LogP contribution in [0.3, 0.4) is 0 Å². The molecule has 0 amide bonds. The van der Waals surface area contributed by atoms with Crippen molar-refractivity contribution in [1.82, 2.24) is 0 Å². The molecule has 0 aliphatic heterocycles. The summed E-state index contributed by atoms with van der Waals surface area (Å²) in [5.41, 5.74) is 3.89. The lowest BCUT2D eigenvalue weighted by Gasteiger charge is -2.36. The largest absolute Gasteiger partial charge is 0.416 e. The molecule has 0 radical (unpaired) electrons. The van der Waals surface area contributed by atoms with E-state index in [9.17, 15) is 0 Å². The summed E-state index contributed by atoms with van der Waals surface area (Å²) in [6, 6.07) is 0. The van der Waals surface area contributed by atoms with E-state index in [1.165, 1.54) is 16.7 Å². The van der Waals surface area contributed by atoms with Crippen LogP contribution < -0.4 is 0 Å². The minimum Gasteiger partial charge on any atom is -0.416 e. The average Bonchev–Trinajstić information content (AvgIpc) is 2.08. The van der Waals surface area contributed by atoms with Crippen LogP contribution in [0, 0.1) is 0 Å². The van der Waals surface area contributed by atoms with E-state index in [1.54, 1.807) is 0 Å². The van der Waals surface area contributed by atoms with Gasteiger partial charge in [0.05, 0.1) is 0 Å². The zero-order chi connectivity index (χ0) is 13.9. The van der Waals surface area contributed by atoms with Gasteiger partial charge in [-0.1, -0.05) is 38.5 Å². The van der Waals surface area contributed by atoms with Crippen LogP contribution in [-0.2, 0) is 4.43 Å². The molecule has 2 heteroatoms. The molecule has 0 aromatic carbocycles. The van der Waals surface area contributed by atoms with E-state index in [2.05, 4.69) is 61.2 Å². The van der Waals surface area contributed by atoms with Crippen molar-refractivity contribution >= 4 is 8.32 Å². The van der Waals surface area contributed by atoms with Gasteiger partial charge in [0.1, 0.15) is 0 Å². The van der Waals surface area contributed by atoms with E-state index in [-0.39, 0.29) is 0 Å². The maximum atomic E-state index is 6.19. The van der Waals surface area contributed by atoms with Gasteiger partial charge in [-0.2, -0.15) is 0 Å². The topological polar surface area (TPSA) is 9.23 Å². The van der Waals surface area contributed by atoms with Gasteiger partial charge in [0.2, 0.25) is 0 Å². The molecule has 0 atom stereocenters. The first-order chi connectivity index (χ1) is 7.49. The zero-order valence-electron chi connectivity index (χ0n) is 13.0. The minimum absolute atomic E-state index is 0.293. The van der Waals surface area contributed by atoms with Gasteiger partial charge in [-0.05, 0) is 50.9 Å². The molecule has 0 unspecified atom stereocenters. The SMILES string of the molecule is C=C(C)C(CCO[Si](C)(C)C(C)(C)C)=C(C)C. The van der Waals surface area contributed by atoms with E-state index in [0.717, 1.165) is 13.0 Å². The highest BCUT2D eigenvalue weighted by atomic mass is 28.4. The fourth-order valence-electron chi connectivity index (χ4n) is 1.51. The summed E-state index contributed by atoms with van der Waals surface area (Å²) in [5, 5.41) is 0.293. The summed E-state index contributed by atoms with van der Waals surface area (Å²) in [7, 11) is -1.59. The third-order valence-electron chi connectivity index (χ3n) is 3.74. The Bertz CT molecular complexity index is 301. The third kappa shape index (κ3) is 5.22. The molecule has 0 heterocycles. The molecule has 0 saturated heterocycles. The van der Waals surface area contributed by atoms with Crippen molar-refractivity contribution in [2.24, 2.45) is 0 Å². The van der Waals surface area contributed by atoms with Gasteiger partial charge in [-0.3, -0.25) is 0 Å². The molecule has 0 fully saturated rings. The summed E-state index contributed by atoms with van der Waals surface area (Å²) in [6.07, 6.45) is 0.990. The Hall–Kier alpha value is -0.343. The molecule has 0 aromatic heterocycles. The Balaban J connectivity index is 4.44. The normalized spacial score (nSPS) is 12.5. The molecular weight excluding hydrogens is 224 g/mol. The Morgan fingerprint density at radius 1 is 1.12 bits per heavy atom. The predicted molar refractivity (Wildman–Crippen MR) is 81.0 cm³/mol. The van der Waals surface area contributed by atoms with Gasteiger partial charge in [0, 0.05) is 6.61 Å². The molecule has 0 spiro atoms. The number of hydrogen-bond donors (Lipinski definition) is 0. The van der Waals surface area contributed by atoms with Gasteiger partial charge < -0.3 is 4.43 Å². The zero-order valence-corrected chi connectivity index (χ0v) is 14.0. The van der Waals surface area contributed by atoms with Crippen molar-refractivity contribution in [3.63, 3.8) is 0 Å². The standard InChI is InChI=1S/C15H30OSi/c1-12(2)14(13(3)4)10-11-16-17(8,9)15(5,6)7/h1,10-11H2,2-9H3. The van der Waals surface area contributed by atoms with Gasteiger partial charge in [-0.15, -0.1) is 0 Å². The number of hydrogen-bond acceptors (Lipinski definition) is 1. The molecule has 100 valence electrons. The van der Waals surface area contributed by atoms with Crippen LogP contribution in [0.5, 0.6) is 0 Å². The quantitative estimate of drug-likeness (QED) is 0.477. The summed E-state index contributed by atoms with van der Waals surface area (Å²) in [5.74, 6) is 0. The summed E-state index contributed by atoms with van der Waals surface area (Å²) < 4.78 is 6.19. The second-order valence-electron chi connectivity index (χ2n) is 6.62. The van der Waals surface area contributed by atoms with E-state index in [0.29, 0.717) is 5.04 Å². The van der Waals surface area contributed by atoms with E-state index in [1.807, 2.05) is 0 Å². The molecule has 17 heavy (non-hydrogen) atoms. The van der Waals surface area contributed by atoms with E-state index < -0.39 is 8.32 Å². The fourth-order valence-corrected chi connectivity index (χ4v) is 2.56. The highest BCUT2D eigenvalue weighted by Gasteiger charge is 2.36. The minimum atomic E-state index is -1.59. The van der Waals surface area contributed by atoms with Crippen LogP contribution in [-0.4, -0.2) is 14.9 Å². The maximum Gasteiger partial charge on any atom is 0.191 e. The summed E-state index contributed by atoms with van der Waals surface area (Å²) >= 11 is 0. The molecule has 0 N–H and O–H groups in total. The van der Waals surface area contributed by atoms with Crippen molar-refractivity contribution < 1.29 is 4.43 Å². The van der Waals surface area contributed by atoms with Crippen LogP contribution in [0.1, 0.15) is 48.0 Å². The lowest BCUT2D eigenvalue weighted by Crippen LogP contribution is -2.41. The lowest BCUT2D eigenvalue weighted by atomic mass is 10.0. The Kier molecular flexibility index (Phi) is 5.89. The maximum absolute atomic E-state index is 6.19. The third-order valence-corrected chi connectivity index (χ3v) is 8.28. The molecule has 0 rings (SSSR count). The van der Waals surface area contributed by atoms with Crippen LogP contribution in [0.2, 0.25) is 18.1 Å². The van der Waals surface area contributed by atoms with Gasteiger partial charge in [0.15, 0.2) is 8.32 Å². The van der Waals surface area contributed by atoms with Crippen molar-refractivity contribution in [2.75, 3.05) is 6.61 Å². The van der Waals surface area contributed by atoms with Crippen LogP contribution in [0.25, 0.3) is 0 Å². The first kappa shape index (κ1) is 16.7. The average molecular weight is 254 g/mol. The number of allylic oxidation sites excluding steroid dienone is 2. The fraction of sp³-hybridized carbons (Fsp3) is 0.733. The van der Waals surface area contributed by atoms with Gasteiger partial charge in [-0.25, -0.2) is 0 Å². The lowest BCUT2D eigenvalue weighted by molar-refractivity contribution is 0.292. The predicted octanol–water partition coefficient (Wildman–Crippen LogP) is 5.31. The number of rotatable bonds is 5. The highest BCUT2D eigenvalue weighted by molar-refractivity contribution is 6.74. The molecular formula is C15H30OSi. The summed E-state index contributed by atoms with van der Waals surface area (Å²) in [4.78, 5) is 0. The molecule has 0 aliphatic carbocycles. The van der Waals surface area contributed by atoms with E-state index in [4.69, 9.17) is 4.43 Å². The first-order valence-electron chi connectivity index (χ1n) is 6.45. The summed E-state index contributed by atoms with van der Waals surface area (Å²) in [6.45, 7) is 22.7. The Morgan fingerprint density at radius 3 is 1.88 bits per heavy atom. The van der Waals surface area contributed by atoms with E-state index >= 15 is 0 Å². The van der Waals surface area contributed by atoms with Gasteiger partial charge >= 0.3 is 0 Å². The Morgan fingerprint density at radius 2 is 1.59 bits per heavy atom. The molecule has 0 bridgehead atoms. The van der Waals surface area contributed by atoms with Crippen molar-refractivity contribution in [3.8, 4) is 0 Å². The molecule has 0 aliphatic rings. The molecule has 0 aromatic rings. The Labute approximate surface area is 109 Å². The highest BCUT2D eigenvalue weighted by Crippen LogP contribution is 2.36. The monoisotopic (exact) mass is 254 g/mol. The first-order valence-corrected chi connectivity index (χ1v) is 9.36. The van der Waals surface area contributed by atoms with Crippen LogP contribution in [0.4, 0.5) is 0 Å². The van der Waals surface area contributed by atoms with Crippen molar-refractivity contribution in [2.45, 2.75) is 66.1 Å². The second kappa shape index (κ2) is 6.01. The van der Waals surface area contributed by atoms with Crippen molar-refractivity contribution in [3.05, 3.63) is 23.3 Å². The van der Waals surface area contributed by atoms with Crippen molar-refractivity contribution in [1.29, 1.82) is 0 Å². The van der Waals surface area contributed by atoms with Crippen LogP contribution >= 0.6 is 0 Å². The molecule has 1 nitrogen and oxygen atoms in total. The van der Waals surface area contributed by atoms with Crippen LogP contribution in [0.15, 0.2) is 23.3 Å².